The number of ether oxygens (including phenoxy) is 1. The molecule has 0 bridgehead atoms. The molecule has 44 heavy (non-hydrogen) atoms. The number of carboxylic acid groups (broad SMARTS) is 1. The number of pyridine rings is 1. The molecule has 0 aromatic carbocycles. The minimum atomic E-state index is -1.27. The molecule has 1 aliphatic carbocycles. The summed E-state index contributed by atoms with van der Waals surface area (Å²) in [5.74, 6) is -1.11. The van der Waals surface area contributed by atoms with Crippen LogP contribution in [0.15, 0.2) is 17.2 Å². The van der Waals surface area contributed by atoms with Gasteiger partial charge in [0, 0.05) is 50.0 Å². The standard InChI is InChI=1S/C31H40N6O5S2/c1-3-35-19-22(28(39)40)25(38)21-18-32-30(33-26(21)35)36-14-16-37(17-15-36)31(43)34-27-24(29(41)42-2)20-12-10-8-6-4-5-7-9-11-13-23(20)44-27/h18-19H,3-17H2,1-2H3,(H,34,43)(H,39,40). The van der Waals surface area contributed by atoms with Crippen molar-refractivity contribution in [3.05, 3.63) is 44.2 Å². The molecule has 2 aliphatic rings. The van der Waals surface area contributed by atoms with E-state index in [-0.39, 0.29) is 16.9 Å². The second-order valence-electron chi connectivity index (χ2n) is 11.3. The van der Waals surface area contributed by atoms with Gasteiger partial charge < -0.3 is 29.5 Å². The van der Waals surface area contributed by atoms with E-state index >= 15 is 0 Å². The molecule has 2 N–H and O–H groups in total. The van der Waals surface area contributed by atoms with Gasteiger partial charge in [-0.05, 0) is 50.4 Å². The van der Waals surface area contributed by atoms with E-state index in [0.29, 0.717) is 55.0 Å². The smallest absolute Gasteiger partial charge is 0.341 e. The van der Waals surface area contributed by atoms with Crippen LogP contribution in [0.3, 0.4) is 0 Å². The van der Waals surface area contributed by atoms with Crippen molar-refractivity contribution in [3.8, 4) is 0 Å². The molecule has 0 saturated carbocycles. The number of anilines is 2. The number of hydrogen-bond donors (Lipinski definition) is 2. The van der Waals surface area contributed by atoms with Crippen LogP contribution in [0.4, 0.5) is 10.9 Å². The number of hydrogen-bond acceptors (Lipinski definition) is 9. The van der Waals surface area contributed by atoms with Crippen LogP contribution >= 0.6 is 23.6 Å². The van der Waals surface area contributed by atoms with Crippen molar-refractivity contribution in [1.29, 1.82) is 0 Å². The molecule has 0 radical (unpaired) electrons. The number of carboxylic acids is 1. The molecule has 236 valence electrons. The third-order valence-corrected chi connectivity index (χ3v) is 10.1. The molecule has 1 aliphatic heterocycles. The van der Waals surface area contributed by atoms with Gasteiger partial charge in [0.15, 0.2) is 5.11 Å². The lowest BCUT2D eigenvalue weighted by Gasteiger charge is -2.36. The van der Waals surface area contributed by atoms with Crippen molar-refractivity contribution in [2.45, 2.75) is 77.7 Å². The highest BCUT2D eigenvalue weighted by atomic mass is 32.1. The fourth-order valence-corrected chi connectivity index (χ4v) is 7.65. The number of esters is 1. The molecule has 0 amide bonds. The number of carbonyl (C=O) groups is 2. The predicted molar refractivity (Wildman–Crippen MR) is 176 cm³/mol. The van der Waals surface area contributed by atoms with Crippen molar-refractivity contribution in [2.24, 2.45) is 0 Å². The van der Waals surface area contributed by atoms with E-state index in [0.717, 1.165) is 36.2 Å². The Morgan fingerprint density at radius 3 is 2.34 bits per heavy atom. The highest BCUT2D eigenvalue weighted by Crippen LogP contribution is 2.37. The third kappa shape index (κ3) is 6.88. The highest BCUT2D eigenvalue weighted by molar-refractivity contribution is 7.80. The topological polar surface area (TPSA) is 130 Å². The van der Waals surface area contributed by atoms with Crippen LogP contribution in [-0.4, -0.2) is 74.9 Å². The number of aryl methyl sites for hydroxylation is 2. The number of thiophene rings is 1. The Bertz CT molecular complexity index is 1590. The molecule has 1 saturated heterocycles. The first-order valence-corrected chi connectivity index (χ1v) is 16.7. The van der Waals surface area contributed by atoms with E-state index in [9.17, 15) is 19.5 Å². The molecule has 3 aromatic rings. The quantitative estimate of drug-likeness (QED) is 0.286. The zero-order valence-corrected chi connectivity index (χ0v) is 27.0. The summed E-state index contributed by atoms with van der Waals surface area (Å²) in [6.45, 7) is 4.76. The Kier molecular flexibility index (Phi) is 10.5. The van der Waals surface area contributed by atoms with Gasteiger partial charge >= 0.3 is 11.9 Å². The number of methoxy groups -OCH3 is 1. The summed E-state index contributed by atoms with van der Waals surface area (Å²) in [5, 5.41) is 14.3. The Morgan fingerprint density at radius 1 is 1.05 bits per heavy atom. The van der Waals surface area contributed by atoms with Gasteiger partial charge in [-0.3, -0.25) is 4.79 Å². The molecule has 5 rings (SSSR count). The van der Waals surface area contributed by atoms with Gasteiger partial charge in [0.2, 0.25) is 11.4 Å². The Labute approximate surface area is 266 Å². The van der Waals surface area contributed by atoms with Crippen molar-refractivity contribution in [2.75, 3.05) is 43.5 Å². The summed E-state index contributed by atoms with van der Waals surface area (Å²) in [6.07, 6.45) is 14.2. The Balaban J connectivity index is 1.30. The van der Waals surface area contributed by atoms with E-state index < -0.39 is 11.4 Å². The monoisotopic (exact) mass is 640 g/mol. The number of rotatable bonds is 5. The molecule has 4 heterocycles. The van der Waals surface area contributed by atoms with Gasteiger partial charge in [0.05, 0.1) is 18.1 Å². The average Bonchev–Trinajstić information content (AvgIpc) is 3.36. The first kappa shape index (κ1) is 31.8. The lowest BCUT2D eigenvalue weighted by Crippen LogP contribution is -2.50. The van der Waals surface area contributed by atoms with Crippen LogP contribution < -0.4 is 15.6 Å². The molecule has 1 fully saturated rings. The maximum absolute atomic E-state index is 13.0. The fraction of sp³-hybridized carbons (Fsp3) is 0.548. The van der Waals surface area contributed by atoms with Gasteiger partial charge in [-0.2, -0.15) is 4.98 Å². The van der Waals surface area contributed by atoms with E-state index in [1.807, 2.05) is 11.8 Å². The lowest BCUT2D eigenvalue weighted by atomic mass is 9.97. The largest absolute Gasteiger partial charge is 0.477 e. The van der Waals surface area contributed by atoms with Gasteiger partial charge in [0.25, 0.3) is 0 Å². The van der Waals surface area contributed by atoms with E-state index in [4.69, 9.17) is 17.0 Å². The number of carbonyl (C=O) groups excluding carboxylic acids is 1. The first-order chi connectivity index (χ1) is 21.3. The number of thiocarbonyl (C=S) groups is 1. The second kappa shape index (κ2) is 14.5. The van der Waals surface area contributed by atoms with Crippen molar-refractivity contribution < 1.29 is 19.4 Å². The molecule has 0 atom stereocenters. The lowest BCUT2D eigenvalue weighted by molar-refractivity contribution is 0.0600. The minimum Gasteiger partial charge on any atom is -0.477 e. The van der Waals surface area contributed by atoms with E-state index in [1.54, 1.807) is 15.9 Å². The zero-order chi connectivity index (χ0) is 31.2. The molecular weight excluding hydrogens is 601 g/mol. The number of piperazine rings is 1. The van der Waals surface area contributed by atoms with Crippen LogP contribution in [0.25, 0.3) is 11.0 Å². The summed E-state index contributed by atoms with van der Waals surface area (Å²) < 4.78 is 6.90. The van der Waals surface area contributed by atoms with Gasteiger partial charge in [-0.25, -0.2) is 14.6 Å². The number of fused-ring (bicyclic) bond motifs is 2. The number of aromatic carboxylic acids is 1. The molecular formula is C31H40N6O5S2. The van der Waals surface area contributed by atoms with Crippen molar-refractivity contribution in [3.63, 3.8) is 0 Å². The van der Waals surface area contributed by atoms with Gasteiger partial charge in [0.1, 0.15) is 16.2 Å². The fourth-order valence-electron chi connectivity index (χ4n) is 6.03. The summed E-state index contributed by atoms with van der Waals surface area (Å²) in [6, 6.07) is 0. The molecule has 3 aromatic heterocycles. The van der Waals surface area contributed by atoms with Crippen LogP contribution in [0.5, 0.6) is 0 Å². The summed E-state index contributed by atoms with van der Waals surface area (Å²) in [7, 11) is 1.43. The summed E-state index contributed by atoms with van der Waals surface area (Å²) in [4.78, 5) is 51.7. The second-order valence-corrected chi connectivity index (χ2v) is 12.8. The van der Waals surface area contributed by atoms with Crippen LogP contribution in [-0.2, 0) is 24.1 Å². The minimum absolute atomic E-state index is 0.184. The third-order valence-electron chi connectivity index (χ3n) is 8.50. The average molecular weight is 641 g/mol. The number of aromatic nitrogens is 3. The Morgan fingerprint density at radius 2 is 1.70 bits per heavy atom. The molecule has 0 spiro atoms. The Hall–Kier alpha value is -3.58. The first-order valence-electron chi connectivity index (χ1n) is 15.5. The van der Waals surface area contributed by atoms with E-state index in [2.05, 4.69) is 20.2 Å². The van der Waals surface area contributed by atoms with Crippen LogP contribution in [0.2, 0.25) is 0 Å². The van der Waals surface area contributed by atoms with Crippen molar-refractivity contribution >= 4 is 62.6 Å². The molecule has 11 nitrogen and oxygen atoms in total. The normalized spacial score (nSPS) is 16.5. The predicted octanol–water partition coefficient (Wildman–Crippen LogP) is 5.10. The summed E-state index contributed by atoms with van der Waals surface area (Å²) in [5.41, 5.74) is 1.27. The van der Waals surface area contributed by atoms with Gasteiger partial charge in [-0.15, -0.1) is 11.3 Å². The van der Waals surface area contributed by atoms with Crippen molar-refractivity contribution in [1.82, 2.24) is 19.4 Å². The van der Waals surface area contributed by atoms with Gasteiger partial charge in [-0.1, -0.05) is 38.5 Å². The number of nitrogens with zero attached hydrogens (tertiary/aromatic N) is 5. The zero-order valence-electron chi connectivity index (χ0n) is 25.4. The van der Waals surface area contributed by atoms with Crippen LogP contribution in [0.1, 0.15) is 89.4 Å². The SMILES string of the molecule is CCn1cc(C(=O)O)c(=O)c2cnc(N3CCN(C(=S)Nc4sc5c(c4C(=O)OC)CCCCCCCCCC5)CC3)nc21. The highest BCUT2D eigenvalue weighted by Gasteiger charge is 2.27. The molecule has 0 unspecified atom stereocenters. The van der Waals surface area contributed by atoms with E-state index in [1.165, 1.54) is 62.9 Å². The maximum Gasteiger partial charge on any atom is 0.341 e. The summed E-state index contributed by atoms with van der Waals surface area (Å²) >= 11 is 7.48. The molecule has 13 heteroatoms. The maximum atomic E-state index is 13.0. The number of nitrogens with one attached hydrogen (secondary N) is 1. The van der Waals surface area contributed by atoms with Crippen LogP contribution in [0, 0.1) is 0 Å².